The van der Waals surface area contributed by atoms with Gasteiger partial charge >= 0.3 is 6.03 Å². The van der Waals surface area contributed by atoms with E-state index >= 15 is 0 Å². The number of hydrogen-bond acceptors (Lipinski definition) is 3. The topological polar surface area (TPSA) is 63.1 Å². The van der Waals surface area contributed by atoms with Crippen molar-refractivity contribution >= 4 is 6.03 Å². The molecule has 0 radical (unpaired) electrons. The Morgan fingerprint density at radius 2 is 2.42 bits per heavy atom. The Morgan fingerprint density at radius 1 is 1.58 bits per heavy atom. The van der Waals surface area contributed by atoms with Crippen molar-refractivity contribution in [2.45, 2.75) is 38.5 Å². The van der Waals surface area contributed by atoms with Crippen LogP contribution in [0.15, 0.2) is 6.20 Å². The molecular formula is C13H23N5O. The minimum absolute atomic E-state index is 0.0574. The van der Waals surface area contributed by atoms with Crippen LogP contribution in [-0.2, 0) is 7.05 Å². The minimum atomic E-state index is 0.0574. The molecule has 1 saturated heterocycles. The summed E-state index contributed by atoms with van der Waals surface area (Å²) in [6, 6.07) is 0.0574. The van der Waals surface area contributed by atoms with Gasteiger partial charge in [-0.3, -0.25) is 4.68 Å². The molecule has 2 heterocycles. The van der Waals surface area contributed by atoms with Crippen LogP contribution in [0.25, 0.3) is 0 Å². The molecule has 2 rings (SSSR count). The average molecular weight is 265 g/mol. The van der Waals surface area contributed by atoms with E-state index in [1.54, 1.807) is 4.68 Å². The molecule has 1 atom stereocenters. The van der Waals surface area contributed by atoms with E-state index in [-0.39, 0.29) is 6.03 Å². The number of nitrogens with one attached hydrogen (secondary N) is 1. The number of aryl methyl sites for hydroxylation is 1. The summed E-state index contributed by atoms with van der Waals surface area (Å²) in [5, 5.41) is 11.1. The van der Waals surface area contributed by atoms with E-state index < -0.39 is 0 Å². The Kier molecular flexibility index (Phi) is 4.76. The zero-order valence-corrected chi connectivity index (χ0v) is 11.8. The van der Waals surface area contributed by atoms with Gasteiger partial charge in [0.25, 0.3) is 0 Å². The van der Waals surface area contributed by atoms with E-state index in [9.17, 15) is 4.79 Å². The highest BCUT2D eigenvalue weighted by atomic mass is 16.2. The maximum Gasteiger partial charge on any atom is 0.317 e. The second kappa shape index (κ2) is 6.54. The molecule has 6 nitrogen and oxygen atoms in total. The summed E-state index contributed by atoms with van der Waals surface area (Å²) in [7, 11) is 1.87. The number of urea groups is 1. The van der Waals surface area contributed by atoms with Crippen LogP contribution in [-0.4, -0.2) is 45.6 Å². The summed E-state index contributed by atoms with van der Waals surface area (Å²) in [6.45, 7) is 4.48. The first-order valence-corrected chi connectivity index (χ1v) is 7.09. The fourth-order valence-electron chi connectivity index (χ4n) is 2.44. The van der Waals surface area contributed by atoms with Crippen LogP contribution in [0.4, 0.5) is 4.79 Å². The predicted octanol–water partition coefficient (Wildman–Crippen LogP) is 1.50. The van der Waals surface area contributed by atoms with Crippen molar-refractivity contribution in [3.63, 3.8) is 0 Å². The number of piperidine rings is 1. The third kappa shape index (κ3) is 3.68. The molecule has 1 aliphatic heterocycles. The molecule has 0 aliphatic carbocycles. The highest BCUT2D eigenvalue weighted by molar-refractivity contribution is 5.74. The molecule has 19 heavy (non-hydrogen) atoms. The van der Waals surface area contributed by atoms with Gasteiger partial charge in [-0.25, -0.2) is 4.79 Å². The van der Waals surface area contributed by atoms with Gasteiger partial charge < -0.3 is 10.2 Å². The summed E-state index contributed by atoms with van der Waals surface area (Å²) in [5.74, 6) is 0.319. The van der Waals surface area contributed by atoms with Crippen molar-refractivity contribution in [3.8, 4) is 0 Å². The summed E-state index contributed by atoms with van der Waals surface area (Å²) >= 11 is 0. The predicted molar refractivity (Wildman–Crippen MR) is 72.9 cm³/mol. The Bertz CT molecular complexity index is 417. The quantitative estimate of drug-likeness (QED) is 0.839. The number of carbonyl (C=O) groups excluding carboxylic acids is 1. The van der Waals surface area contributed by atoms with Crippen LogP contribution < -0.4 is 5.32 Å². The van der Waals surface area contributed by atoms with Gasteiger partial charge in [0.1, 0.15) is 0 Å². The number of rotatable bonds is 4. The van der Waals surface area contributed by atoms with Crippen molar-refractivity contribution in [1.29, 1.82) is 0 Å². The maximum absolute atomic E-state index is 12.0. The van der Waals surface area contributed by atoms with Crippen molar-refractivity contribution in [1.82, 2.24) is 25.2 Å². The molecule has 6 heteroatoms. The molecule has 1 aliphatic rings. The number of likely N-dealkylation sites (tertiary alicyclic amines) is 1. The van der Waals surface area contributed by atoms with Crippen molar-refractivity contribution in [3.05, 3.63) is 11.9 Å². The SMILES string of the molecule is CCCCNC(=O)N1CCCC(c2cn(C)nn2)C1. The van der Waals surface area contributed by atoms with Crippen LogP contribution in [0.5, 0.6) is 0 Å². The summed E-state index contributed by atoms with van der Waals surface area (Å²) in [5.41, 5.74) is 0.994. The molecule has 1 fully saturated rings. The summed E-state index contributed by atoms with van der Waals surface area (Å²) < 4.78 is 1.72. The van der Waals surface area contributed by atoms with E-state index in [0.29, 0.717) is 5.92 Å². The zero-order valence-electron chi connectivity index (χ0n) is 11.8. The van der Waals surface area contributed by atoms with Gasteiger partial charge in [0, 0.05) is 38.8 Å². The summed E-state index contributed by atoms with van der Waals surface area (Å²) in [6.07, 6.45) is 6.19. The smallest absolute Gasteiger partial charge is 0.317 e. The van der Waals surface area contributed by atoms with Gasteiger partial charge in [-0.1, -0.05) is 18.6 Å². The first-order valence-electron chi connectivity index (χ1n) is 7.09. The Morgan fingerprint density at radius 3 is 3.11 bits per heavy atom. The lowest BCUT2D eigenvalue weighted by Gasteiger charge is -2.31. The zero-order chi connectivity index (χ0) is 13.7. The van der Waals surface area contributed by atoms with Crippen LogP contribution in [0.3, 0.4) is 0 Å². The summed E-state index contributed by atoms with van der Waals surface area (Å²) in [4.78, 5) is 13.9. The standard InChI is InChI=1S/C13H23N5O/c1-3-4-7-14-13(19)18-8-5-6-11(9-18)12-10-17(2)16-15-12/h10-11H,3-9H2,1-2H3,(H,14,19). The minimum Gasteiger partial charge on any atom is -0.338 e. The molecule has 2 amide bonds. The number of amides is 2. The van der Waals surface area contributed by atoms with Crippen LogP contribution in [0.1, 0.15) is 44.2 Å². The van der Waals surface area contributed by atoms with E-state index in [1.807, 2.05) is 18.1 Å². The molecule has 1 N–H and O–H groups in total. The van der Waals surface area contributed by atoms with Crippen molar-refractivity contribution < 1.29 is 4.79 Å². The third-order valence-corrected chi connectivity index (χ3v) is 3.55. The van der Waals surface area contributed by atoms with Gasteiger partial charge in [0.2, 0.25) is 0 Å². The van der Waals surface area contributed by atoms with Crippen LogP contribution in [0.2, 0.25) is 0 Å². The largest absolute Gasteiger partial charge is 0.338 e. The van der Waals surface area contributed by atoms with E-state index in [0.717, 1.165) is 51.0 Å². The lowest BCUT2D eigenvalue weighted by atomic mass is 9.95. The number of carbonyl (C=O) groups is 1. The lowest BCUT2D eigenvalue weighted by molar-refractivity contribution is 0.179. The Hall–Kier alpha value is -1.59. The highest BCUT2D eigenvalue weighted by Crippen LogP contribution is 2.24. The van der Waals surface area contributed by atoms with Gasteiger partial charge in [0.05, 0.1) is 5.69 Å². The number of hydrogen-bond donors (Lipinski definition) is 1. The van der Waals surface area contributed by atoms with E-state index in [2.05, 4.69) is 22.6 Å². The fraction of sp³-hybridized carbons (Fsp3) is 0.769. The third-order valence-electron chi connectivity index (χ3n) is 3.55. The van der Waals surface area contributed by atoms with Crippen molar-refractivity contribution in [2.24, 2.45) is 7.05 Å². The molecule has 106 valence electrons. The fourth-order valence-corrected chi connectivity index (χ4v) is 2.44. The van der Waals surface area contributed by atoms with Gasteiger partial charge in [-0.15, -0.1) is 5.10 Å². The van der Waals surface area contributed by atoms with E-state index in [1.165, 1.54) is 0 Å². The second-order valence-corrected chi connectivity index (χ2v) is 5.19. The Balaban J connectivity index is 1.88. The lowest BCUT2D eigenvalue weighted by Crippen LogP contribution is -2.45. The molecule has 1 aromatic heterocycles. The first-order chi connectivity index (χ1) is 9.20. The number of nitrogens with zero attached hydrogens (tertiary/aromatic N) is 4. The maximum atomic E-state index is 12.0. The normalized spacial score (nSPS) is 19.5. The monoisotopic (exact) mass is 265 g/mol. The van der Waals surface area contributed by atoms with Crippen molar-refractivity contribution in [2.75, 3.05) is 19.6 Å². The Labute approximate surface area is 114 Å². The van der Waals surface area contributed by atoms with Crippen LogP contribution >= 0.6 is 0 Å². The molecule has 1 aromatic rings. The van der Waals surface area contributed by atoms with E-state index in [4.69, 9.17) is 0 Å². The van der Waals surface area contributed by atoms with Gasteiger partial charge in [-0.2, -0.15) is 0 Å². The molecule has 0 aromatic carbocycles. The molecule has 0 spiro atoms. The van der Waals surface area contributed by atoms with Crippen LogP contribution in [0, 0.1) is 0 Å². The highest BCUT2D eigenvalue weighted by Gasteiger charge is 2.26. The number of aromatic nitrogens is 3. The molecule has 0 saturated carbocycles. The average Bonchev–Trinajstić information content (AvgIpc) is 2.86. The molecule has 0 bridgehead atoms. The molecule has 1 unspecified atom stereocenters. The van der Waals surface area contributed by atoms with Gasteiger partial charge in [-0.05, 0) is 19.3 Å². The van der Waals surface area contributed by atoms with Gasteiger partial charge in [0.15, 0.2) is 0 Å². The second-order valence-electron chi connectivity index (χ2n) is 5.19. The first kappa shape index (κ1) is 13.8. The number of unbranched alkanes of at least 4 members (excludes halogenated alkanes) is 1. The molecular weight excluding hydrogens is 242 g/mol.